The molecule has 2 aliphatic heterocycles. The van der Waals surface area contributed by atoms with Gasteiger partial charge in [0, 0.05) is 18.4 Å². The summed E-state index contributed by atoms with van der Waals surface area (Å²) in [4.78, 5) is 40.1. The Morgan fingerprint density at radius 1 is 1.26 bits per heavy atom. The molecule has 10 heteroatoms. The van der Waals surface area contributed by atoms with Gasteiger partial charge in [0.2, 0.25) is 11.8 Å². The Bertz CT molecular complexity index is 1050. The molecule has 0 unspecified atom stereocenters. The number of benzene rings is 1. The number of hydrogen-bond acceptors (Lipinski definition) is 9. The van der Waals surface area contributed by atoms with Crippen molar-refractivity contribution in [2.75, 3.05) is 38.9 Å². The molecule has 0 bridgehead atoms. The summed E-state index contributed by atoms with van der Waals surface area (Å²) in [7, 11) is 2.64. The van der Waals surface area contributed by atoms with E-state index < -0.39 is 29.8 Å². The highest BCUT2D eigenvalue weighted by Gasteiger charge is 2.62. The summed E-state index contributed by atoms with van der Waals surface area (Å²) in [6.45, 7) is 1.09. The molecule has 1 atom stereocenters. The molecule has 0 aromatic heterocycles. The van der Waals surface area contributed by atoms with Crippen LogP contribution in [0, 0.1) is 11.3 Å². The van der Waals surface area contributed by atoms with Crippen LogP contribution in [0.1, 0.15) is 12.5 Å². The van der Waals surface area contributed by atoms with Gasteiger partial charge in [0.05, 0.1) is 13.7 Å². The number of carbonyl (C=O) groups is 3. The molecular formula is C21H21N3O7. The zero-order valence-electron chi connectivity index (χ0n) is 17.3. The first-order chi connectivity index (χ1) is 14.8. The highest BCUT2D eigenvalue weighted by atomic mass is 16.6. The van der Waals surface area contributed by atoms with Crippen molar-refractivity contribution in [2.45, 2.75) is 12.3 Å². The van der Waals surface area contributed by atoms with E-state index >= 15 is 0 Å². The van der Waals surface area contributed by atoms with Gasteiger partial charge in [-0.2, -0.15) is 5.26 Å². The molecule has 1 aromatic rings. The lowest BCUT2D eigenvalue weighted by Gasteiger charge is -2.34. The molecule has 162 valence electrons. The van der Waals surface area contributed by atoms with Gasteiger partial charge in [0.15, 0.2) is 5.41 Å². The van der Waals surface area contributed by atoms with Crippen LogP contribution in [0.3, 0.4) is 0 Å². The second kappa shape index (κ2) is 8.49. The molecule has 1 aromatic carbocycles. The molecule has 0 fully saturated rings. The molecular weight excluding hydrogens is 406 g/mol. The van der Waals surface area contributed by atoms with E-state index in [-0.39, 0.29) is 36.0 Å². The second-order valence-electron chi connectivity index (χ2n) is 6.75. The predicted octanol–water partition coefficient (Wildman–Crippen LogP) is 0.632. The van der Waals surface area contributed by atoms with E-state index in [4.69, 9.17) is 24.7 Å². The van der Waals surface area contributed by atoms with Crippen LogP contribution < -0.4 is 10.6 Å². The summed E-state index contributed by atoms with van der Waals surface area (Å²) in [5.74, 6) is -2.54. The molecule has 0 saturated carbocycles. The number of nitrogens with zero attached hydrogens (tertiary/aromatic N) is 2. The lowest BCUT2D eigenvalue weighted by molar-refractivity contribution is -0.142. The van der Waals surface area contributed by atoms with Crippen molar-refractivity contribution in [3.63, 3.8) is 0 Å². The van der Waals surface area contributed by atoms with Gasteiger partial charge in [-0.3, -0.25) is 14.5 Å². The van der Waals surface area contributed by atoms with E-state index in [1.54, 1.807) is 24.3 Å². The van der Waals surface area contributed by atoms with Crippen molar-refractivity contribution in [3.8, 4) is 6.07 Å². The van der Waals surface area contributed by atoms with Gasteiger partial charge in [-0.05, 0) is 13.0 Å². The number of anilines is 1. The van der Waals surface area contributed by atoms with Crippen molar-refractivity contribution in [1.82, 2.24) is 0 Å². The first-order valence-electron chi connectivity index (χ1n) is 9.28. The molecule has 1 amide bonds. The third-order valence-corrected chi connectivity index (χ3v) is 5.13. The molecule has 2 N–H and O–H groups in total. The minimum atomic E-state index is -1.92. The third kappa shape index (κ3) is 3.29. The SMILES string of the molecule is COCCOC(=O)C1=C(C)OC(N)=C(C#N)[C@@]12C(=O)N(CC(=O)OC)c1ccccc12. The molecule has 0 saturated heterocycles. The monoisotopic (exact) mass is 427 g/mol. The first-order valence-corrected chi connectivity index (χ1v) is 9.28. The summed E-state index contributed by atoms with van der Waals surface area (Å²) < 4.78 is 20.3. The van der Waals surface area contributed by atoms with Crippen LogP contribution in [0.5, 0.6) is 0 Å². The Morgan fingerprint density at radius 3 is 2.61 bits per heavy atom. The largest absolute Gasteiger partial charge is 0.468 e. The third-order valence-electron chi connectivity index (χ3n) is 5.13. The van der Waals surface area contributed by atoms with E-state index in [0.717, 1.165) is 4.90 Å². The Balaban J connectivity index is 2.27. The van der Waals surface area contributed by atoms with Crippen LogP contribution in [0.15, 0.2) is 47.1 Å². The topological polar surface area (TPSA) is 141 Å². The fourth-order valence-electron chi connectivity index (χ4n) is 3.85. The molecule has 0 radical (unpaired) electrons. The van der Waals surface area contributed by atoms with Gasteiger partial charge in [-0.25, -0.2) is 4.79 Å². The smallest absolute Gasteiger partial charge is 0.339 e. The fourth-order valence-corrected chi connectivity index (χ4v) is 3.85. The number of amides is 1. The minimum absolute atomic E-state index is 0.0157. The highest BCUT2D eigenvalue weighted by molar-refractivity contribution is 6.19. The zero-order valence-corrected chi connectivity index (χ0v) is 17.3. The van der Waals surface area contributed by atoms with Gasteiger partial charge >= 0.3 is 11.9 Å². The first kappa shape index (κ1) is 21.9. The van der Waals surface area contributed by atoms with Crippen LogP contribution >= 0.6 is 0 Å². The number of carbonyl (C=O) groups excluding carboxylic acids is 3. The van der Waals surface area contributed by atoms with Crippen molar-refractivity contribution in [2.24, 2.45) is 5.73 Å². The van der Waals surface area contributed by atoms with Gasteiger partial charge in [-0.15, -0.1) is 0 Å². The van der Waals surface area contributed by atoms with Gasteiger partial charge in [0.1, 0.15) is 36.1 Å². The maximum absolute atomic E-state index is 13.9. The standard InChI is InChI=1S/C21H21N3O7/c1-12-17(19(26)30-9-8-28-2)21(14(10-22)18(23)31-12)13-6-4-5-7-15(13)24(20(21)27)11-16(25)29-3/h4-7H,8-9,11,23H2,1-3H3/t21-/m1/s1. The summed E-state index contributed by atoms with van der Waals surface area (Å²) in [6.07, 6.45) is 0. The zero-order chi connectivity index (χ0) is 22.8. The van der Waals surface area contributed by atoms with E-state index in [1.807, 2.05) is 6.07 Å². The van der Waals surface area contributed by atoms with Crippen LogP contribution in [0.25, 0.3) is 0 Å². The van der Waals surface area contributed by atoms with Crippen molar-refractivity contribution >= 4 is 23.5 Å². The fraction of sp³-hybridized carbons (Fsp3) is 0.333. The Kier molecular flexibility index (Phi) is 5.99. The number of allylic oxidation sites excluding steroid dienone is 1. The predicted molar refractivity (Wildman–Crippen MR) is 106 cm³/mol. The van der Waals surface area contributed by atoms with Crippen molar-refractivity contribution in [1.29, 1.82) is 5.26 Å². The van der Waals surface area contributed by atoms with Crippen LogP contribution in [-0.2, 0) is 38.7 Å². The van der Waals surface area contributed by atoms with E-state index in [2.05, 4.69) is 0 Å². The number of methoxy groups -OCH3 is 2. The van der Waals surface area contributed by atoms with Crippen molar-refractivity contribution in [3.05, 3.63) is 52.6 Å². The minimum Gasteiger partial charge on any atom is -0.468 e. The quantitative estimate of drug-likeness (QED) is 0.511. The molecule has 1 spiro atoms. The number of nitrogens with two attached hydrogens (primary N) is 1. The van der Waals surface area contributed by atoms with Crippen LogP contribution in [0.4, 0.5) is 5.69 Å². The van der Waals surface area contributed by atoms with Crippen LogP contribution in [0.2, 0.25) is 0 Å². The maximum Gasteiger partial charge on any atom is 0.339 e. The number of ether oxygens (including phenoxy) is 4. The number of rotatable bonds is 6. The average molecular weight is 427 g/mol. The molecule has 0 aliphatic carbocycles. The number of nitriles is 1. The number of fused-ring (bicyclic) bond motifs is 2. The molecule has 10 nitrogen and oxygen atoms in total. The van der Waals surface area contributed by atoms with Gasteiger partial charge in [0.25, 0.3) is 0 Å². The van der Waals surface area contributed by atoms with E-state index in [9.17, 15) is 19.6 Å². The summed E-state index contributed by atoms with van der Waals surface area (Å²) in [5.41, 5.74) is 4.27. The maximum atomic E-state index is 13.9. The summed E-state index contributed by atoms with van der Waals surface area (Å²) in [5, 5.41) is 9.92. The molecule has 2 aliphatic rings. The Labute approximate surface area is 178 Å². The molecule has 3 rings (SSSR count). The van der Waals surface area contributed by atoms with E-state index in [0.29, 0.717) is 11.3 Å². The summed E-state index contributed by atoms with van der Waals surface area (Å²) in [6, 6.07) is 8.44. The Morgan fingerprint density at radius 2 is 1.97 bits per heavy atom. The molecule has 31 heavy (non-hydrogen) atoms. The average Bonchev–Trinajstić information content (AvgIpc) is 2.97. The molecule has 2 heterocycles. The number of hydrogen-bond donors (Lipinski definition) is 1. The summed E-state index contributed by atoms with van der Waals surface area (Å²) >= 11 is 0. The Hall–Kier alpha value is -3.84. The van der Waals surface area contributed by atoms with Crippen LogP contribution in [-0.4, -0.2) is 51.8 Å². The second-order valence-corrected chi connectivity index (χ2v) is 6.75. The van der Waals surface area contributed by atoms with Gasteiger partial charge < -0.3 is 24.7 Å². The lowest BCUT2D eigenvalue weighted by atomic mass is 9.68. The normalized spacial score (nSPS) is 19.8. The van der Waals surface area contributed by atoms with Crippen molar-refractivity contribution < 1.29 is 33.3 Å². The van der Waals surface area contributed by atoms with Gasteiger partial charge in [-0.1, -0.05) is 18.2 Å². The number of esters is 2. The van der Waals surface area contributed by atoms with E-state index in [1.165, 1.54) is 21.1 Å². The number of para-hydroxylation sites is 1. The lowest BCUT2D eigenvalue weighted by Crippen LogP contribution is -2.49. The highest BCUT2D eigenvalue weighted by Crippen LogP contribution is 2.54.